The molecule has 0 unspecified atom stereocenters. The zero-order valence-electron chi connectivity index (χ0n) is 11.2. The van der Waals surface area contributed by atoms with Crippen LogP contribution in [-0.2, 0) is 9.59 Å². The van der Waals surface area contributed by atoms with Crippen LogP contribution in [0.1, 0.15) is 19.8 Å². The third kappa shape index (κ3) is 6.97. The van der Waals surface area contributed by atoms with Crippen molar-refractivity contribution in [3.63, 3.8) is 0 Å². The number of amides is 1. The van der Waals surface area contributed by atoms with Crippen LogP contribution in [-0.4, -0.2) is 29.3 Å². The van der Waals surface area contributed by atoms with Gasteiger partial charge in [-0.05, 0) is 31.5 Å². The summed E-state index contributed by atoms with van der Waals surface area (Å²) in [5.41, 5.74) is 2.78. The van der Waals surface area contributed by atoms with E-state index >= 15 is 0 Å². The molecule has 114 valence electrons. The molecule has 1 aromatic carbocycles. The molecule has 6 nitrogen and oxygen atoms in total. The number of rotatable bonds is 7. The number of carbonyl (C=O) groups is 2. The van der Waals surface area contributed by atoms with E-state index in [9.17, 15) is 9.59 Å². The van der Waals surface area contributed by atoms with E-state index in [0.29, 0.717) is 21.5 Å². The number of halogens is 2. The number of carboxylic acid groups (broad SMARTS) is 1. The van der Waals surface area contributed by atoms with Gasteiger partial charge in [-0.15, -0.1) is 0 Å². The van der Waals surface area contributed by atoms with Crippen LogP contribution >= 0.6 is 23.2 Å². The molecular weight excluding hydrogens is 319 g/mol. The lowest BCUT2D eigenvalue weighted by Crippen LogP contribution is -2.25. The van der Waals surface area contributed by atoms with E-state index in [4.69, 9.17) is 33.0 Å². The first kappa shape index (κ1) is 17.3. The first-order chi connectivity index (χ1) is 9.88. The van der Waals surface area contributed by atoms with Gasteiger partial charge in [0.2, 0.25) is 0 Å². The van der Waals surface area contributed by atoms with Crippen LogP contribution in [0.15, 0.2) is 23.3 Å². The Morgan fingerprint density at radius 2 is 2.05 bits per heavy atom. The Labute approximate surface area is 131 Å². The Morgan fingerprint density at radius 1 is 1.33 bits per heavy atom. The van der Waals surface area contributed by atoms with Crippen molar-refractivity contribution in [2.45, 2.75) is 19.8 Å². The molecule has 0 spiro atoms. The summed E-state index contributed by atoms with van der Waals surface area (Å²) >= 11 is 11.6. The summed E-state index contributed by atoms with van der Waals surface area (Å²) in [6, 6.07) is 4.65. The highest BCUT2D eigenvalue weighted by atomic mass is 35.5. The normalized spacial score (nSPS) is 11.1. The van der Waals surface area contributed by atoms with Gasteiger partial charge in [0.25, 0.3) is 5.91 Å². The van der Waals surface area contributed by atoms with Gasteiger partial charge in [-0.25, -0.2) is 5.43 Å². The standard InChI is InChI=1S/C13H14Cl2N2O4/c1-8(2-5-13(19)20)16-17-12(18)7-21-11-4-3-9(14)6-10(11)15/h3-4,6H,2,5,7H2,1H3,(H,17,18)(H,19,20). The third-order valence-corrected chi connectivity index (χ3v) is 2.86. The number of nitrogens with one attached hydrogen (secondary N) is 1. The van der Waals surface area contributed by atoms with Crippen molar-refractivity contribution >= 4 is 40.8 Å². The number of ether oxygens (including phenoxy) is 1. The maximum atomic E-state index is 11.5. The molecule has 0 saturated carbocycles. The number of aliphatic carboxylic acids is 1. The van der Waals surface area contributed by atoms with Crippen LogP contribution in [0.3, 0.4) is 0 Å². The van der Waals surface area contributed by atoms with E-state index in [-0.39, 0.29) is 19.4 Å². The monoisotopic (exact) mass is 332 g/mol. The van der Waals surface area contributed by atoms with Crippen molar-refractivity contribution in [2.24, 2.45) is 5.10 Å². The average molecular weight is 333 g/mol. The molecule has 1 rings (SSSR count). The zero-order chi connectivity index (χ0) is 15.8. The topological polar surface area (TPSA) is 88.0 Å². The van der Waals surface area contributed by atoms with E-state index in [1.165, 1.54) is 6.07 Å². The predicted molar refractivity (Wildman–Crippen MR) is 80.1 cm³/mol. The van der Waals surface area contributed by atoms with Crippen LogP contribution in [0, 0.1) is 0 Å². The third-order valence-electron chi connectivity index (χ3n) is 2.32. The molecule has 0 aliphatic rings. The predicted octanol–water partition coefficient (Wildman–Crippen LogP) is 2.73. The van der Waals surface area contributed by atoms with Crippen LogP contribution in [0.5, 0.6) is 5.75 Å². The van der Waals surface area contributed by atoms with E-state index in [1.54, 1.807) is 19.1 Å². The molecule has 1 aromatic rings. The number of hydrogen-bond acceptors (Lipinski definition) is 4. The van der Waals surface area contributed by atoms with Crippen LogP contribution in [0.2, 0.25) is 10.0 Å². The fourth-order valence-electron chi connectivity index (χ4n) is 1.27. The second-order valence-electron chi connectivity index (χ2n) is 4.14. The van der Waals surface area contributed by atoms with Gasteiger partial charge in [0.15, 0.2) is 6.61 Å². The smallest absolute Gasteiger partial charge is 0.303 e. The van der Waals surface area contributed by atoms with E-state index < -0.39 is 11.9 Å². The SMILES string of the molecule is CC(CCC(=O)O)=NNC(=O)COc1ccc(Cl)cc1Cl. The molecule has 0 heterocycles. The van der Waals surface area contributed by atoms with Crippen LogP contribution in [0.25, 0.3) is 0 Å². The van der Waals surface area contributed by atoms with Gasteiger partial charge in [-0.2, -0.15) is 5.10 Å². The first-order valence-corrected chi connectivity index (χ1v) is 6.75. The highest BCUT2D eigenvalue weighted by molar-refractivity contribution is 6.35. The Kier molecular flexibility index (Phi) is 6.98. The number of carbonyl (C=O) groups excluding carboxylic acids is 1. The molecule has 21 heavy (non-hydrogen) atoms. The largest absolute Gasteiger partial charge is 0.482 e. The Balaban J connectivity index is 2.40. The number of hydrazone groups is 1. The van der Waals surface area contributed by atoms with Crippen molar-refractivity contribution in [1.82, 2.24) is 5.43 Å². The molecule has 8 heteroatoms. The number of carboxylic acids is 1. The fraction of sp³-hybridized carbons (Fsp3) is 0.308. The number of benzene rings is 1. The van der Waals surface area contributed by atoms with Crippen molar-refractivity contribution in [2.75, 3.05) is 6.61 Å². The maximum Gasteiger partial charge on any atom is 0.303 e. The highest BCUT2D eigenvalue weighted by Crippen LogP contribution is 2.27. The van der Waals surface area contributed by atoms with Gasteiger partial charge in [0, 0.05) is 10.7 Å². The van der Waals surface area contributed by atoms with Gasteiger partial charge in [0.1, 0.15) is 5.75 Å². The second kappa shape index (κ2) is 8.49. The minimum absolute atomic E-state index is 0.0396. The van der Waals surface area contributed by atoms with Gasteiger partial charge < -0.3 is 9.84 Å². The van der Waals surface area contributed by atoms with Gasteiger partial charge in [-0.3, -0.25) is 9.59 Å². The summed E-state index contributed by atoms with van der Waals surface area (Å²) in [6.45, 7) is 1.36. The molecule has 2 N–H and O–H groups in total. The lowest BCUT2D eigenvalue weighted by atomic mass is 10.2. The maximum absolute atomic E-state index is 11.5. The van der Waals surface area contributed by atoms with Gasteiger partial charge in [0.05, 0.1) is 11.4 Å². The highest BCUT2D eigenvalue weighted by Gasteiger charge is 2.06. The molecule has 0 atom stereocenters. The number of nitrogens with zero attached hydrogens (tertiary/aromatic N) is 1. The van der Waals surface area contributed by atoms with Gasteiger partial charge >= 0.3 is 5.97 Å². The summed E-state index contributed by atoms with van der Waals surface area (Å²) in [5, 5.41) is 13.0. The first-order valence-electron chi connectivity index (χ1n) is 6.00. The molecule has 0 fully saturated rings. The summed E-state index contributed by atoms with van der Waals surface area (Å²) in [4.78, 5) is 21.9. The Morgan fingerprint density at radius 3 is 2.67 bits per heavy atom. The molecule has 0 aliphatic carbocycles. The van der Waals surface area contributed by atoms with E-state index in [2.05, 4.69) is 10.5 Å². The zero-order valence-corrected chi connectivity index (χ0v) is 12.7. The fourth-order valence-corrected chi connectivity index (χ4v) is 1.73. The molecule has 0 aliphatic heterocycles. The Bertz CT molecular complexity index is 561. The minimum atomic E-state index is -0.920. The second-order valence-corrected chi connectivity index (χ2v) is 4.98. The lowest BCUT2D eigenvalue weighted by molar-refractivity contribution is -0.136. The molecule has 0 aromatic heterocycles. The summed E-state index contributed by atoms with van der Waals surface area (Å²) in [7, 11) is 0. The quantitative estimate of drug-likeness (QED) is 0.593. The van der Waals surface area contributed by atoms with Crippen molar-refractivity contribution in [3.05, 3.63) is 28.2 Å². The van der Waals surface area contributed by atoms with Crippen molar-refractivity contribution in [1.29, 1.82) is 0 Å². The molecule has 0 bridgehead atoms. The van der Waals surface area contributed by atoms with Crippen molar-refractivity contribution < 1.29 is 19.4 Å². The lowest BCUT2D eigenvalue weighted by Gasteiger charge is -2.07. The summed E-state index contributed by atoms with van der Waals surface area (Å²) < 4.78 is 5.22. The average Bonchev–Trinajstić information content (AvgIpc) is 2.41. The van der Waals surface area contributed by atoms with E-state index in [1.807, 2.05) is 0 Å². The van der Waals surface area contributed by atoms with Crippen LogP contribution in [0.4, 0.5) is 0 Å². The Hall–Kier alpha value is -1.79. The number of hydrogen-bond donors (Lipinski definition) is 2. The molecular formula is C13H14Cl2N2O4. The molecule has 0 saturated heterocycles. The summed E-state index contributed by atoms with van der Waals surface area (Å²) in [5.74, 6) is -1.06. The molecule has 0 radical (unpaired) electrons. The van der Waals surface area contributed by atoms with Gasteiger partial charge in [-0.1, -0.05) is 23.2 Å². The summed E-state index contributed by atoms with van der Waals surface area (Å²) in [6.07, 6.45) is 0.224. The van der Waals surface area contributed by atoms with Crippen molar-refractivity contribution in [3.8, 4) is 5.75 Å². The van der Waals surface area contributed by atoms with Crippen LogP contribution < -0.4 is 10.2 Å². The minimum Gasteiger partial charge on any atom is -0.482 e. The van der Waals surface area contributed by atoms with E-state index in [0.717, 1.165) is 0 Å². The molecule has 1 amide bonds.